The van der Waals surface area contributed by atoms with Crippen LogP contribution in [0.3, 0.4) is 0 Å². The number of aliphatic carboxylic acids is 1. The first-order valence-electron chi connectivity index (χ1n) is 10.1. The molecule has 3 nitrogen and oxygen atoms in total. The molecule has 0 bridgehead atoms. The summed E-state index contributed by atoms with van der Waals surface area (Å²) in [7, 11) is 0. The lowest BCUT2D eigenvalue weighted by molar-refractivity contribution is -0.160. The molecule has 2 aromatic rings. The molecule has 3 heteroatoms. The predicted molar refractivity (Wildman–Crippen MR) is 116 cm³/mol. The summed E-state index contributed by atoms with van der Waals surface area (Å²) in [6.45, 7) is 12.3. The molecule has 2 aromatic carbocycles. The second-order valence-electron chi connectivity index (χ2n) is 9.75. The van der Waals surface area contributed by atoms with Crippen LogP contribution in [0, 0.1) is 12.3 Å². The van der Waals surface area contributed by atoms with E-state index in [4.69, 9.17) is 4.74 Å². The van der Waals surface area contributed by atoms with E-state index in [-0.39, 0.29) is 5.41 Å². The van der Waals surface area contributed by atoms with Gasteiger partial charge in [-0.3, -0.25) is 0 Å². The summed E-state index contributed by atoms with van der Waals surface area (Å²) in [5.41, 5.74) is 3.81. The average Bonchev–Trinajstić information content (AvgIpc) is 2.58. The Bertz CT molecular complexity index is 929. The molecule has 0 heterocycles. The normalized spacial score (nSPS) is 18.0. The molecule has 1 aliphatic carbocycles. The Hall–Kier alpha value is -2.13. The van der Waals surface area contributed by atoms with Crippen molar-refractivity contribution in [3.8, 4) is 0 Å². The quantitative estimate of drug-likeness (QED) is 0.643. The number of benzene rings is 2. The number of hydrogen-bond donors (Lipinski definition) is 1. The second-order valence-corrected chi connectivity index (χ2v) is 9.75. The molecular weight excluding hydrogens is 348 g/mol. The van der Waals surface area contributed by atoms with Gasteiger partial charge in [0.2, 0.25) is 0 Å². The van der Waals surface area contributed by atoms with E-state index in [1.54, 1.807) is 0 Å². The number of carboxylic acid groups (broad SMARTS) is 1. The van der Waals surface area contributed by atoms with E-state index >= 15 is 0 Å². The highest BCUT2D eigenvalue weighted by Crippen LogP contribution is 2.44. The zero-order valence-corrected chi connectivity index (χ0v) is 17.9. The number of aryl methyl sites for hydroxylation is 1. The maximum Gasteiger partial charge on any atom is 0.337 e. The lowest BCUT2D eigenvalue weighted by Crippen LogP contribution is -2.28. The molecule has 28 heavy (non-hydrogen) atoms. The van der Waals surface area contributed by atoms with E-state index in [0.717, 1.165) is 46.7 Å². The molecule has 150 valence electrons. The van der Waals surface area contributed by atoms with Crippen molar-refractivity contribution in [2.24, 2.45) is 5.41 Å². The lowest BCUT2D eigenvalue weighted by Gasteiger charge is -2.32. The van der Waals surface area contributed by atoms with Crippen LogP contribution < -0.4 is 0 Å². The zero-order valence-electron chi connectivity index (χ0n) is 17.9. The molecule has 0 aliphatic heterocycles. The topological polar surface area (TPSA) is 46.5 Å². The van der Waals surface area contributed by atoms with Gasteiger partial charge in [-0.25, -0.2) is 4.79 Å². The van der Waals surface area contributed by atoms with Crippen LogP contribution in [0.4, 0.5) is 0 Å². The summed E-state index contributed by atoms with van der Waals surface area (Å²) in [4.78, 5) is 12.3. The smallest absolute Gasteiger partial charge is 0.337 e. The molecule has 0 saturated heterocycles. The number of ether oxygens (including phenoxy) is 1. The summed E-state index contributed by atoms with van der Waals surface area (Å²) < 4.78 is 6.06. The van der Waals surface area contributed by atoms with Crippen LogP contribution in [0.5, 0.6) is 0 Å². The molecule has 0 amide bonds. The first-order valence-corrected chi connectivity index (χ1v) is 10.1. The van der Waals surface area contributed by atoms with Crippen LogP contribution in [0.25, 0.3) is 16.3 Å². The average molecular weight is 381 g/mol. The van der Waals surface area contributed by atoms with Crippen molar-refractivity contribution in [3.05, 3.63) is 53.1 Å². The van der Waals surface area contributed by atoms with E-state index in [0.29, 0.717) is 0 Å². The van der Waals surface area contributed by atoms with Crippen LogP contribution >= 0.6 is 0 Å². The van der Waals surface area contributed by atoms with E-state index < -0.39 is 17.7 Å². The molecule has 3 rings (SSSR count). The Morgan fingerprint density at radius 1 is 1.21 bits per heavy atom. The summed E-state index contributed by atoms with van der Waals surface area (Å²) in [5.74, 6) is -0.939. The van der Waals surface area contributed by atoms with E-state index in [1.165, 1.54) is 5.57 Å². The summed E-state index contributed by atoms with van der Waals surface area (Å²) in [6, 6.07) is 10.3. The molecule has 1 N–H and O–H groups in total. The van der Waals surface area contributed by atoms with Crippen LogP contribution in [0.1, 0.15) is 76.7 Å². The Balaban J connectivity index is 2.28. The lowest BCUT2D eigenvalue weighted by atomic mass is 9.75. The highest BCUT2D eigenvalue weighted by atomic mass is 16.5. The van der Waals surface area contributed by atoms with Crippen LogP contribution in [0.15, 0.2) is 36.4 Å². The second kappa shape index (κ2) is 7.36. The minimum Gasteiger partial charge on any atom is -0.479 e. The standard InChI is InChI=1S/C25H32O3/c1-16-15-18-9-7-8-10-19(18)21(17-11-13-25(5,6)14-12-17)20(16)22(23(26)27)28-24(2,3)4/h7-11,15,22H,12-14H2,1-6H3,(H,26,27). The first-order chi connectivity index (χ1) is 13.0. The first kappa shape index (κ1) is 20.6. The van der Waals surface area contributed by atoms with Gasteiger partial charge in [0.1, 0.15) is 0 Å². The van der Waals surface area contributed by atoms with Crippen molar-refractivity contribution in [1.82, 2.24) is 0 Å². The molecule has 1 unspecified atom stereocenters. The number of hydrogen-bond acceptors (Lipinski definition) is 2. The zero-order chi connectivity index (χ0) is 20.7. The van der Waals surface area contributed by atoms with Crippen molar-refractivity contribution >= 4 is 22.3 Å². The van der Waals surface area contributed by atoms with Gasteiger partial charge in [0, 0.05) is 5.56 Å². The third-order valence-corrected chi connectivity index (χ3v) is 5.55. The molecular formula is C25H32O3. The molecule has 0 fully saturated rings. The fraction of sp³-hybridized carbons (Fsp3) is 0.480. The highest BCUT2D eigenvalue weighted by molar-refractivity contribution is 5.98. The Kier molecular flexibility index (Phi) is 5.42. The summed E-state index contributed by atoms with van der Waals surface area (Å²) >= 11 is 0. The summed E-state index contributed by atoms with van der Waals surface area (Å²) in [5, 5.41) is 12.3. The molecule has 0 aromatic heterocycles. The van der Waals surface area contributed by atoms with Crippen molar-refractivity contribution in [1.29, 1.82) is 0 Å². The number of carboxylic acids is 1. The summed E-state index contributed by atoms with van der Waals surface area (Å²) in [6.07, 6.45) is 4.37. The van der Waals surface area contributed by atoms with Gasteiger partial charge in [0.05, 0.1) is 5.60 Å². The fourth-order valence-corrected chi connectivity index (χ4v) is 4.08. The van der Waals surface area contributed by atoms with Gasteiger partial charge < -0.3 is 9.84 Å². The SMILES string of the molecule is Cc1cc2ccccc2c(C2=CCC(C)(C)CC2)c1C(OC(C)(C)C)C(=O)O. The van der Waals surface area contributed by atoms with Crippen molar-refractivity contribution in [2.75, 3.05) is 0 Å². The van der Waals surface area contributed by atoms with Crippen molar-refractivity contribution in [3.63, 3.8) is 0 Å². The highest BCUT2D eigenvalue weighted by Gasteiger charge is 2.33. The van der Waals surface area contributed by atoms with E-state index in [1.807, 2.05) is 39.8 Å². The largest absolute Gasteiger partial charge is 0.479 e. The van der Waals surface area contributed by atoms with Gasteiger partial charge in [-0.1, -0.05) is 50.3 Å². The predicted octanol–water partition coefficient (Wildman–Crippen LogP) is 6.68. The van der Waals surface area contributed by atoms with E-state index in [2.05, 4.69) is 38.1 Å². The fourth-order valence-electron chi connectivity index (χ4n) is 4.08. The molecule has 1 aliphatic rings. The third kappa shape index (κ3) is 4.30. The number of carbonyl (C=O) groups is 1. The Labute approximate surface area is 168 Å². The van der Waals surface area contributed by atoms with Crippen LogP contribution in [-0.4, -0.2) is 16.7 Å². The van der Waals surface area contributed by atoms with Crippen LogP contribution in [-0.2, 0) is 9.53 Å². The van der Waals surface area contributed by atoms with E-state index in [9.17, 15) is 9.90 Å². The minimum absolute atomic E-state index is 0.289. The van der Waals surface area contributed by atoms with Crippen LogP contribution in [0.2, 0.25) is 0 Å². The van der Waals surface area contributed by atoms with Gasteiger partial charge in [-0.2, -0.15) is 0 Å². The number of allylic oxidation sites excluding steroid dienone is 2. The number of rotatable bonds is 4. The maximum atomic E-state index is 12.3. The number of fused-ring (bicyclic) bond motifs is 1. The Morgan fingerprint density at radius 2 is 1.89 bits per heavy atom. The van der Waals surface area contributed by atoms with Crippen molar-refractivity contribution in [2.45, 2.75) is 72.5 Å². The van der Waals surface area contributed by atoms with Gasteiger partial charge in [0.15, 0.2) is 6.10 Å². The minimum atomic E-state index is -0.990. The monoisotopic (exact) mass is 380 g/mol. The Morgan fingerprint density at radius 3 is 2.46 bits per heavy atom. The molecule has 0 radical (unpaired) electrons. The molecule has 0 spiro atoms. The van der Waals surface area contributed by atoms with Gasteiger partial charge in [-0.05, 0) is 79.8 Å². The molecule has 1 atom stereocenters. The van der Waals surface area contributed by atoms with Gasteiger partial charge in [-0.15, -0.1) is 0 Å². The van der Waals surface area contributed by atoms with Crippen molar-refractivity contribution < 1.29 is 14.6 Å². The van der Waals surface area contributed by atoms with Gasteiger partial charge in [0.25, 0.3) is 0 Å². The maximum absolute atomic E-state index is 12.3. The van der Waals surface area contributed by atoms with Gasteiger partial charge >= 0.3 is 5.97 Å². The molecule has 0 saturated carbocycles. The third-order valence-electron chi connectivity index (χ3n) is 5.55.